The van der Waals surface area contributed by atoms with E-state index in [4.69, 9.17) is 9.97 Å². The van der Waals surface area contributed by atoms with Gasteiger partial charge in [-0.05, 0) is 52.7 Å². The molecule has 2 aromatic heterocycles. The molecule has 0 aliphatic carbocycles. The quantitative estimate of drug-likeness (QED) is 0.573. The molecule has 140 valence electrons. The highest BCUT2D eigenvalue weighted by Crippen LogP contribution is 2.32. The van der Waals surface area contributed by atoms with E-state index in [1.807, 2.05) is 19.3 Å². The van der Waals surface area contributed by atoms with Gasteiger partial charge in [-0.2, -0.15) is 0 Å². The van der Waals surface area contributed by atoms with Crippen LogP contribution in [0.2, 0.25) is 0 Å². The van der Waals surface area contributed by atoms with Gasteiger partial charge in [-0.15, -0.1) is 0 Å². The van der Waals surface area contributed by atoms with Crippen molar-refractivity contribution in [1.82, 2.24) is 14.5 Å². The summed E-state index contributed by atoms with van der Waals surface area (Å²) in [5.74, 6) is 0.980. The van der Waals surface area contributed by atoms with Crippen LogP contribution in [0.25, 0.3) is 16.7 Å². The summed E-state index contributed by atoms with van der Waals surface area (Å²) in [5.41, 5.74) is 8.93. The van der Waals surface area contributed by atoms with Crippen LogP contribution in [0.1, 0.15) is 56.3 Å². The Morgan fingerprint density at radius 1 is 1.07 bits per heavy atom. The van der Waals surface area contributed by atoms with E-state index in [0.29, 0.717) is 0 Å². The summed E-state index contributed by atoms with van der Waals surface area (Å²) in [5, 5.41) is 0. The van der Waals surface area contributed by atoms with Crippen molar-refractivity contribution in [2.75, 3.05) is 7.05 Å². The maximum Gasteiger partial charge on any atom is 0.178 e. The van der Waals surface area contributed by atoms with Crippen LogP contribution in [-0.2, 0) is 0 Å². The minimum absolute atomic E-state index is 0.183. The second-order valence-corrected chi connectivity index (χ2v) is 7.27. The smallest absolute Gasteiger partial charge is 0.178 e. The molecule has 0 fully saturated rings. The zero-order valence-corrected chi connectivity index (χ0v) is 17.3. The van der Waals surface area contributed by atoms with E-state index < -0.39 is 0 Å². The number of fused-ring (bicyclic) bond motifs is 1. The standard InChI is InChI=1S/C23H28N4/c1-14(2)21(16(4)24-7)20-13-25-23-22(15(20)3)27(18(6)26-23)17(5)19-11-9-8-10-12-19/h8-13,17H,1-7H3/b24-16-. The van der Waals surface area contributed by atoms with Gasteiger partial charge in [0, 0.05) is 30.1 Å². The first-order valence-corrected chi connectivity index (χ1v) is 9.37. The topological polar surface area (TPSA) is 43.1 Å². The van der Waals surface area contributed by atoms with Crippen molar-refractivity contribution in [3.8, 4) is 0 Å². The fourth-order valence-corrected chi connectivity index (χ4v) is 3.86. The van der Waals surface area contributed by atoms with Gasteiger partial charge in [-0.1, -0.05) is 35.9 Å². The second kappa shape index (κ2) is 7.47. The fraction of sp³-hybridized carbons (Fsp3) is 0.348. The van der Waals surface area contributed by atoms with Crippen LogP contribution in [0, 0.1) is 13.8 Å². The molecule has 1 aromatic carbocycles. The van der Waals surface area contributed by atoms with Crippen LogP contribution in [0.3, 0.4) is 0 Å². The summed E-state index contributed by atoms with van der Waals surface area (Å²) in [7, 11) is 1.84. The largest absolute Gasteiger partial charge is 0.319 e. The lowest BCUT2D eigenvalue weighted by molar-refractivity contribution is 0.636. The molecule has 3 aromatic rings. The molecule has 0 N–H and O–H groups in total. The maximum atomic E-state index is 4.74. The summed E-state index contributed by atoms with van der Waals surface area (Å²) >= 11 is 0. The molecule has 0 bridgehead atoms. The van der Waals surface area contributed by atoms with Crippen molar-refractivity contribution in [3.05, 3.63) is 64.6 Å². The Kier molecular flexibility index (Phi) is 5.26. The normalized spacial score (nSPS) is 13.1. The van der Waals surface area contributed by atoms with Crippen LogP contribution in [-0.4, -0.2) is 27.3 Å². The number of aliphatic imine (C=N–C) groups is 1. The Morgan fingerprint density at radius 2 is 1.74 bits per heavy atom. The van der Waals surface area contributed by atoms with Crippen LogP contribution < -0.4 is 0 Å². The fourth-order valence-electron chi connectivity index (χ4n) is 3.86. The number of aromatic nitrogens is 3. The summed E-state index contributed by atoms with van der Waals surface area (Å²) in [6.45, 7) is 12.8. The molecule has 4 nitrogen and oxygen atoms in total. The third-order valence-corrected chi connectivity index (χ3v) is 5.28. The Hall–Kier alpha value is -2.75. The minimum Gasteiger partial charge on any atom is -0.319 e. The first-order valence-electron chi connectivity index (χ1n) is 9.37. The van der Waals surface area contributed by atoms with Gasteiger partial charge in [0.1, 0.15) is 5.82 Å². The summed E-state index contributed by atoms with van der Waals surface area (Å²) < 4.78 is 2.30. The number of allylic oxidation sites excluding steroid dienone is 2. The molecule has 1 unspecified atom stereocenters. The van der Waals surface area contributed by atoms with E-state index in [-0.39, 0.29) is 6.04 Å². The van der Waals surface area contributed by atoms with Gasteiger partial charge in [0.25, 0.3) is 0 Å². The number of hydrogen-bond donors (Lipinski definition) is 0. The highest BCUT2D eigenvalue weighted by atomic mass is 15.1. The van der Waals surface area contributed by atoms with E-state index in [1.165, 1.54) is 22.3 Å². The zero-order chi connectivity index (χ0) is 19.7. The van der Waals surface area contributed by atoms with E-state index in [0.717, 1.165) is 28.3 Å². The van der Waals surface area contributed by atoms with Gasteiger partial charge in [0.05, 0.1) is 11.6 Å². The number of pyridine rings is 1. The highest BCUT2D eigenvalue weighted by Gasteiger charge is 2.21. The molecule has 4 heteroatoms. The predicted molar refractivity (Wildman–Crippen MR) is 115 cm³/mol. The SMILES string of the molecule is C/N=C(/C)C(=C(C)C)c1cnc2nc(C)n(C(C)c3ccccc3)c2c1C. The molecule has 0 aliphatic heterocycles. The average molecular weight is 361 g/mol. The first kappa shape index (κ1) is 19.0. The number of nitrogens with zero attached hydrogens (tertiary/aromatic N) is 4. The van der Waals surface area contributed by atoms with Crippen molar-refractivity contribution < 1.29 is 0 Å². The summed E-state index contributed by atoms with van der Waals surface area (Å²) in [6, 6.07) is 10.7. The van der Waals surface area contributed by atoms with E-state index in [2.05, 4.69) is 75.4 Å². The van der Waals surface area contributed by atoms with Crippen molar-refractivity contribution in [2.45, 2.75) is 47.6 Å². The van der Waals surface area contributed by atoms with Crippen LogP contribution in [0.15, 0.2) is 47.1 Å². The number of aryl methyl sites for hydroxylation is 2. The monoisotopic (exact) mass is 360 g/mol. The summed E-state index contributed by atoms with van der Waals surface area (Å²) in [4.78, 5) is 13.9. The van der Waals surface area contributed by atoms with Crippen LogP contribution in [0.4, 0.5) is 0 Å². The Balaban J connectivity index is 2.29. The van der Waals surface area contributed by atoms with E-state index >= 15 is 0 Å². The van der Waals surface area contributed by atoms with Crippen molar-refractivity contribution in [1.29, 1.82) is 0 Å². The molecule has 0 saturated carbocycles. The number of benzene rings is 1. The van der Waals surface area contributed by atoms with Gasteiger partial charge >= 0.3 is 0 Å². The first-order chi connectivity index (χ1) is 12.9. The average Bonchev–Trinajstić information content (AvgIpc) is 3.00. The summed E-state index contributed by atoms with van der Waals surface area (Å²) in [6.07, 6.45) is 1.94. The Labute approximate surface area is 161 Å². The van der Waals surface area contributed by atoms with Crippen LogP contribution in [0.5, 0.6) is 0 Å². The molecule has 1 atom stereocenters. The van der Waals surface area contributed by atoms with Crippen molar-refractivity contribution >= 4 is 22.4 Å². The molecular formula is C23H28N4. The van der Waals surface area contributed by atoms with Gasteiger partial charge in [-0.3, -0.25) is 4.99 Å². The molecule has 0 aliphatic rings. The second-order valence-electron chi connectivity index (χ2n) is 7.27. The van der Waals surface area contributed by atoms with E-state index in [1.54, 1.807) is 0 Å². The lowest BCUT2D eigenvalue weighted by Crippen LogP contribution is -2.10. The molecule has 0 radical (unpaired) electrons. The third kappa shape index (κ3) is 3.32. The minimum atomic E-state index is 0.183. The van der Waals surface area contributed by atoms with Crippen LogP contribution >= 0.6 is 0 Å². The van der Waals surface area contributed by atoms with Gasteiger partial charge in [0.2, 0.25) is 0 Å². The maximum absolute atomic E-state index is 4.74. The van der Waals surface area contributed by atoms with Gasteiger partial charge in [0.15, 0.2) is 5.65 Å². The molecule has 0 amide bonds. The Bertz CT molecular complexity index is 1040. The molecule has 0 saturated heterocycles. The van der Waals surface area contributed by atoms with E-state index in [9.17, 15) is 0 Å². The molecule has 3 rings (SSSR count). The Morgan fingerprint density at radius 3 is 2.33 bits per heavy atom. The lowest BCUT2D eigenvalue weighted by atomic mass is 9.95. The number of hydrogen-bond acceptors (Lipinski definition) is 3. The van der Waals surface area contributed by atoms with Crippen molar-refractivity contribution in [3.63, 3.8) is 0 Å². The number of imidazole rings is 1. The highest BCUT2D eigenvalue weighted by molar-refractivity contribution is 6.24. The number of rotatable bonds is 4. The molecule has 2 heterocycles. The molecule has 0 spiro atoms. The van der Waals surface area contributed by atoms with Gasteiger partial charge < -0.3 is 4.57 Å². The predicted octanol–water partition coefficient (Wildman–Crippen LogP) is 5.54. The molecule has 27 heavy (non-hydrogen) atoms. The lowest BCUT2D eigenvalue weighted by Gasteiger charge is -2.19. The zero-order valence-electron chi connectivity index (χ0n) is 17.3. The van der Waals surface area contributed by atoms with Crippen molar-refractivity contribution in [2.24, 2.45) is 4.99 Å². The third-order valence-electron chi connectivity index (χ3n) is 5.28. The van der Waals surface area contributed by atoms with Gasteiger partial charge in [-0.25, -0.2) is 9.97 Å². The molecular weight excluding hydrogens is 332 g/mol.